The molecule has 3 rings (SSSR count). The van der Waals surface area contributed by atoms with Crippen molar-refractivity contribution in [1.29, 1.82) is 0 Å². The molecule has 1 heterocycles. The Labute approximate surface area is 176 Å². The van der Waals surface area contributed by atoms with Gasteiger partial charge in [-0.1, -0.05) is 12.1 Å². The van der Waals surface area contributed by atoms with Gasteiger partial charge in [0.15, 0.2) is 0 Å². The molecule has 0 aliphatic carbocycles. The number of ether oxygens (including phenoxy) is 1. The number of benzene rings is 2. The summed E-state index contributed by atoms with van der Waals surface area (Å²) in [6.45, 7) is 3.87. The van der Waals surface area contributed by atoms with Crippen LogP contribution in [0.3, 0.4) is 0 Å². The van der Waals surface area contributed by atoms with Gasteiger partial charge in [-0.3, -0.25) is 4.79 Å². The number of amides is 1. The number of hydrogen-bond donors (Lipinski definition) is 0. The van der Waals surface area contributed by atoms with E-state index in [-0.39, 0.29) is 23.2 Å². The third-order valence-electron chi connectivity index (χ3n) is 5.03. The summed E-state index contributed by atoms with van der Waals surface area (Å²) in [4.78, 5) is 16.2. The quantitative estimate of drug-likeness (QED) is 0.667. The van der Waals surface area contributed by atoms with Crippen LogP contribution >= 0.6 is 0 Å². The van der Waals surface area contributed by atoms with Crippen LogP contribution in [0.2, 0.25) is 0 Å². The fraction of sp³-hybridized carbons (Fsp3) is 0.381. The number of carbonyl (C=O) groups excluding carboxylic acids is 1. The van der Waals surface area contributed by atoms with Gasteiger partial charge < -0.3 is 14.5 Å². The van der Waals surface area contributed by atoms with Crippen molar-refractivity contribution < 1.29 is 22.3 Å². The number of rotatable bonds is 7. The molecular formula is C21H26FN3O4S. The second-order valence-electron chi connectivity index (χ2n) is 6.98. The van der Waals surface area contributed by atoms with Crippen LogP contribution in [0.25, 0.3) is 0 Å². The zero-order chi connectivity index (χ0) is 21.7. The van der Waals surface area contributed by atoms with E-state index in [0.717, 1.165) is 4.31 Å². The van der Waals surface area contributed by atoms with Gasteiger partial charge in [0.2, 0.25) is 15.9 Å². The average molecular weight is 436 g/mol. The molecule has 1 amide bonds. The van der Waals surface area contributed by atoms with Crippen molar-refractivity contribution in [3.63, 3.8) is 0 Å². The van der Waals surface area contributed by atoms with Gasteiger partial charge in [-0.2, -0.15) is 4.31 Å². The number of hydrogen-bond acceptors (Lipinski definition) is 5. The van der Waals surface area contributed by atoms with Crippen molar-refractivity contribution in [2.75, 3.05) is 51.3 Å². The fourth-order valence-electron chi connectivity index (χ4n) is 3.33. The van der Waals surface area contributed by atoms with Crippen molar-refractivity contribution in [3.05, 3.63) is 54.3 Å². The number of para-hydroxylation sites is 1. The summed E-state index contributed by atoms with van der Waals surface area (Å²) in [5.74, 6) is 0.0153. The number of sulfonamides is 1. The molecule has 1 aliphatic heterocycles. The molecule has 1 fully saturated rings. The normalized spacial score (nSPS) is 14.8. The molecule has 0 saturated carbocycles. The van der Waals surface area contributed by atoms with E-state index in [1.165, 1.54) is 25.2 Å². The standard InChI is InChI=1S/C21H26FN3O4S/c1-3-29-17-8-10-18(11-9-17)30(27,28)23(2)16-21(26)25-14-12-24(13-15-25)20-7-5-4-6-19(20)22/h4-11H,3,12-16H2,1-2H3. The summed E-state index contributed by atoms with van der Waals surface area (Å²) in [5.41, 5.74) is 0.514. The SMILES string of the molecule is CCOc1ccc(S(=O)(=O)N(C)CC(=O)N2CCN(c3ccccc3F)CC2)cc1. The highest BCUT2D eigenvalue weighted by atomic mass is 32.2. The number of piperazine rings is 1. The molecule has 2 aromatic rings. The van der Waals surface area contributed by atoms with Crippen LogP contribution in [0.15, 0.2) is 53.4 Å². The van der Waals surface area contributed by atoms with Gasteiger partial charge in [-0.15, -0.1) is 0 Å². The lowest BCUT2D eigenvalue weighted by Crippen LogP contribution is -2.51. The van der Waals surface area contributed by atoms with Crippen LogP contribution in [0.5, 0.6) is 5.75 Å². The Morgan fingerprint density at radius 2 is 1.70 bits per heavy atom. The van der Waals surface area contributed by atoms with Gasteiger partial charge in [0.05, 0.1) is 23.7 Å². The number of carbonyl (C=O) groups is 1. The Morgan fingerprint density at radius 3 is 2.30 bits per heavy atom. The Bertz CT molecular complexity index is 974. The van der Waals surface area contributed by atoms with Crippen molar-refractivity contribution in [1.82, 2.24) is 9.21 Å². The van der Waals surface area contributed by atoms with E-state index >= 15 is 0 Å². The first-order chi connectivity index (χ1) is 14.3. The maximum absolute atomic E-state index is 14.0. The van der Waals surface area contributed by atoms with E-state index in [1.807, 2.05) is 11.8 Å². The molecule has 0 unspecified atom stereocenters. The van der Waals surface area contributed by atoms with Crippen LogP contribution in [-0.2, 0) is 14.8 Å². The Balaban J connectivity index is 1.58. The molecule has 7 nitrogen and oxygen atoms in total. The molecule has 162 valence electrons. The lowest BCUT2D eigenvalue weighted by molar-refractivity contribution is -0.131. The number of halogens is 1. The molecule has 1 aliphatic rings. The highest BCUT2D eigenvalue weighted by Gasteiger charge is 2.27. The first kappa shape index (κ1) is 22.0. The van der Waals surface area contributed by atoms with Crippen molar-refractivity contribution in [2.24, 2.45) is 0 Å². The Hall–Kier alpha value is -2.65. The Morgan fingerprint density at radius 1 is 1.07 bits per heavy atom. The molecule has 0 radical (unpaired) electrons. The largest absolute Gasteiger partial charge is 0.494 e. The minimum absolute atomic E-state index is 0.102. The molecule has 2 aromatic carbocycles. The molecule has 0 N–H and O–H groups in total. The molecule has 0 bridgehead atoms. The van der Waals surface area contributed by atoms with Crippen molar-refractivity contribution in [2.45, 2.75) is 11.8 Å². The number of likely N-dealkylation sites (N-methyl/N-ethyl adjacent to an activating group) is 1. The van der Waals surface area contributed by atoms with E-state index in [1.54, 1.807) is 35.2 Å². The first-order valence-corrected chi connectivity index (χ1v) is 11.2. The van der Waals surface area contributed by atoms with Gasteiger partial charge in [0, 0.05) is 33.2 Å². The molecule has 0 aromatic heterocycles. The van der Waals surface area contributed by atoms with E-state index < -0.39 is 10.0 Å². The zero-order valence-corrected chi connectivity index (χ0v) is 17.9. The summed E-state index contributed by atoms with van der Waals surface area (Å²) < 4.78 is 45.9. The van der Waals surface area contributed by atoms with E-state index in [2.05, 4.69) is 0 Å². The first-order valence-electron chi connectivity index (χ1n) is 9.79. The fourth-order valence-corrected chi connectivity index (χ4v) is 4.46. The van der Waals surface area contributed by atoms with E-state index in [0.29, 0.717) is 44.2 Å². The minimum atomic E-state index is -3.79. The zero-order valence-electron chi connectivity index (χ0n) is 17.1. The maximum atomic E-state index is 14.0. The summed E-state index contributed by atoms with van der Waals surface area (Å²) >= 11 is 0. The second kappa shape index (κ2) is 9.44. The predicted molar refractivity (Wildman–Crippen MR) is 113 cm³/mol. The average Bonchev–Trinajstić information content (AvgIpc) is 2.75. The lowest BCUT2D eigenvalue weighted by atomic mass is 10.2. The third kappa shape index (κ3) is 4.91. The second-order valence-corrected chi connectivity index (χ2v) is 9.03. The Kier molecular flexibility index (Phi) is 6.94. The number of anilines is 1. The van der Waals surface area contributed by atoms with Crippen LogP contribution in [0.4, 0.5) is 10.1 Å². The van der Waals surface area contributed by atoms with Crippen molar-refractivity contribution >= 4 is 21.6 Å². The van der Waals surface area contributed by atoms with Crippen LogP contribution in [-0.4, -0.2) is 69.9 Å². The van der Waals surface area contributed by atoms with Crippen molar-refractivity contribution in [3.8, 4) is 5.75 Å². The molecule has 9 heteroatoms. The molecule has 1 saturated heterocycles. The van der Waals surface area contributed by atoms with E-state index in [4.69, 9.17) is 4.74 Å². The highest BCUT2D eigenvalue weighted by Crippen LogP contribution is 2.21. The third-order valence-corrected chi connectivity index (χ3v) is 6.84. The predicted octanol–water partition coefficient (Wildman–Crippen LogP) is 2.19. The maximum Gasteiger partial charge on any atom is 0.243 e. The van der Waals surface area contributed by atoms with Crippen LogP contribution in [0, 0.1) is 5.82 Å². The summed E-state index contributed by atoms with van der Waals surface area (Å²) in [6.07, 6.45) is 0. The number of nitrogens with zero attached hydrogens (tertiary/aromatic N) is 3. The smallest absolute Gasteiger partial charge is 0.243 e. The summed E-state index contributed by atoms with van der Waals surface area (Å²) in [6, 6.07) is 12.7. The minimum Gasteiger partial charge on any atom is -0.494 e. The summed E-state index contributed by atoms with van der Waals surface area (Å²) in [7, 11) is -2.41. The molecular weight excluding hydrogens is 409 g/mol. The topological polar surface area (TPSA) is 70.2 Å². The van der Waals surface area contributed by atoms with E-state index in [9.17, 15) is 17.6 Å². The monoisotopic (exact) mass is 435 g/mol. The molecule has 0 spiro atoms. The van der Waals surface area contributed by atoms with Crippen LogP contribution < -0.4 is 9.64 Å². The summed E-state index contributed by atoms with van der Waals surface area (Å²) in [5, 5.41) is 0. The lowest BCUT2D eigenvalue weighted by Gasteiger charge is -2.36. The van der Waals surface area contributed by atoms with Gasteiger partial charge in [0.1, 0.15) is 11.6 Å². The molecule has 0 atom stereocenters. The highest BCUT2D eigenvalue weighted by molar-refractivity contribution is 7.89. The van der Waals surface area contributed by atoms with Gasteiger partial charge in [0.25, 0.3) is 0 Å². The van der Waals surface area contributed by atoms with Gasteiger partial charge in [-0.05, 0) is 43.3 Å². The van der Waals surface area contributed by atoms with Gasteiger partial charge in [-0.25, -0.2) is 12.8 Å². The molecule has 30 heavy (non-hydrogen) atoms. The van der Waals surface area contributed by atoms with Gasteiger partial charge >= 0.3 is 0 Å². The van der Waals surface area contributed by atoms with Crippen LogP contribution in [0.1, 0.15) is 6.92 Å².